The van der Waals surface area contributed by atoms with E-state index >= 15 is 0 Å². The first-order valence-electron chi connectivity index (χ1n) is 6.05. The molecule has 1 aromatic carbocycles. The van der Waals surface area contributed by atoms with Crippen LogP contribution in [0.25, 0.3) is 0 Å². The topological polar surface area (TPSA) is 29.5 Å². The van der Waals surface area contributed by atoms with Crippen LogP contribution in [-0.4, -0.2) is 22.0 Å². The van der Waals surface area contributed by atoms with E-state index in [1.54, 1.807) is 4.90 Å². The molecule has 0 aliphatic rings. The van der Waals surface area contributed by atoms with E-state index in [4.69, 9.17) is 4.74 Å². The van der Waals surface area contributed by atoms with Gasteiger partial charge in [0, 0.05) is 11.0 Å². The van der Waals surface area contributed by atoms with Crippen LogP contribution >= 0.6 is 45.2 Å². The third kappa shape index (κ3) is 6.11. The third-order valence-corrected chi connectivity index (χ3v) is 4.40. The molecule has 0 saturated heterocycles. The number of allylic oxidation sites excluding steroid dienone is 1. The van der Waals surface area contributed by atoms with Crippen molar-refractivity contribution in [3.8, 4) is 0 Å². The second-order valence-corrected chi connectivity index (χ2v) is 6.03. The van der Waals surface area contributed by atoms with Crippen molar-refractivity contribution < 1.29 is 9.53 Å². The Kier molecular flexibility index (Phi) is 8.43. The molecular weight excluding hydrogens is 468 g/mol. The number of alkyl halides is 1. The number of halogens is 2. The SMILES string of the molecule is C/C=C(\I)N(CCCI)C(=O)OCc1ccccc1. The highest BCUT2D eigenvalue weighted by Crippen LogP contribution is 2.16. The molecule has 3 nitrogen and oxygen atoms in total. The summed E-state index contributed by atoms with van der Waals surface area (Å²) in [4.78, 5) is 13.8. The van der Waals surface area contributed by atoms with Gasteiger partial charge in [0.1, 0.15) is 6.61 Å². The van der Waals surface area contributed by atoms with E-state index < -0.39 is 0 Å². The number of hydrogen-bond acceptors (Lipinski definition) is 2. The predicted molar refractivity (Wildman–Crippen MR) is 94.6 cm³/mol. The predicted octanol–water partition coefficient (Wildman–Crippen LogP) is 4.75. The van der Waals surface area contributed by atoms with Crippen molar-refractivity contribution in [2.24, 2.45) is 0 Å². The zero-order chi connectivity index (χ0) is 14.1. The Balaban J connectivity index is 2.57. The number of nitrogens with zero attached hydrogens (tertiary/aromatic N) is 1. The molecule has 19 heavy (non-hydrogen) atoms. The van der Waals surface area contributed by atoms with E-state index in [1.165, 1.54) is 0 Å². The molecule has 1 amide bonds. The Labute approximate surface area is 141 Å². The Morgan fingerprint density at radius 1 is 1.37 bits per heavy atom. The van der Waals surface area contributed by atoms with Gasteiger partial charge < -0.3 is 4.74 Å². The van der Waals surface area contributed by atoms with Crippen LogP contribution in [0.1, 0.15) is 18.9 Å². The Morgan fingerprint density at radius 3 is 2.63 bits per heavy atom. The van der Waals surface area contributed by atoms with Crippen molar-refractivity contribution in [3.63, 3.8) is 0 Å². The lowest BCUT2D eigenvalue weighted by atomic mass is 10.2. The van der Waals surface area contributed by atoms with Crippen molar-refractivity contribution >= 4 is 51.3 Å². The second kappa shape index (κ2) is 9.57. The molecule has 0 spiro atoms. The van der Waals surface area contributed by atoms with Crippen molar-refractivity contribution in [2.45, 2.75) is 20.0 Å². The fourth-order valence-corrected chi connectivity index (χ4v) is 2.24. The number of hydrogen-bond donors (Lipinski definition) is 0. The zero-order valence-electron chi connectivity index (χ0n) is 10.8. The van der Waals surface area contributed by atoms with Gasteiger partial charge in [0.15, 0.2) is 0 Å². The van der Waals surface area contributed by atoms with Gasteiger partial charge in [0.2, 0.25) is 0 Å². The van der Waals surface area contributed by atoms with E-state index in [1.807, 2.05) is 43.3 Å². The minimum absolute atomic E-state index is 0.281. The monoisotopic (exact) mass is 485 g/mol. The van der Waals surface area contributed by atoms with Crippen LogP contribution in [0.3, 0.4) is 0 Å². The normalized spacial score (nSPS) is 11.2. The quantitative estimate of drug-likeness (QED) is 0.331. The van der Waals surface area contributed by atoms with Gasteiger partial charge in [-0.3, -0.25) is 4.90 Å². The lowest BCUT2D eigenvalue weighted by molar-refractivity contribution is 0.110. The zero-order valence-corrected chi connectivity index (χ0v) is 15.1. The number of rotatable bonds is 6. The van der Waals surface area contributed by atoms with Gasteiger partial charge in [-0.1, -0.05) is 59.0 Å². The molecule has 0 atom stereocenters. The number of amides is 1. The maximum absolute atomic E-state index is 12.1. The fourth-order valence-electron chi connectivity index (χ4n) is 1.46. The van der Waals surface area contributed by atoms with Gasteiger partial charge >= 0.3 is 6.09 Å². The molecule has 0 aliphatic heterocycles. The smallest absolute Gasteiger partial charge is 0.414 e. The second-order valence-electron chi connectivity index (χ2n) is 3.85. The molecule has 104 valence electrons. The van der Waals surface area contributed by atoms with E-state index in [0.717, 1.165) is 20.1 Å². The van der Waals surface area contributed by atoms with Crippen LogP contribution in [0.5, 0.6) is 0 Å². The maximum atomic E-state index is 12.1. The molecule has 0 N–H and O–H groups in total. The molecule has 5 heteroatoms. The largest absolute Gasteiger partial charge is 0.444 e. The number of ether oxygens (including phenoxy) is 1. The Hall–Kier alpha value is -0.310. The van der Waals surface area contributed by atoms with Crippen LogP contribution in [0.15, 0.2) is 40.1 Å². The number of carbonyl (C=O) groups excluding carboxylic acids is 1. The molecule has 0 radical (unpaired) electrons. The van der Waals surface area contributed by atoms with Gasteiger partial charge in [-0.05, 0) is 41.5 Å². The molecule has 0 aliphatic carbocycles. The molecule has 0 aromatic heterocycles. The highest BCUT2D eigenvalue weighted by molar-refractivity contribution is 14.1. The summed E-state index contributed by atoms with van der Waals surface area (Å²) in [5.74, 6) is 0. The summed E-state index contributed by atoms with van der Waals surface area (Å²) in [6.07, 6.45) is 2.59. The lowest BCUT2D eigenvalue weighted by Gasteiger charge is -2.21. The first kappa shape index (κ1) is 16.7. The summed E-state index contributed by atoms with van der Waals surface area (Å²) in [5.41, 5.74) is 1.00. The van der Waals surface area contributed by atoms with Gasteiger partial charge in [-0.25, -0.2) is 4.79 Å². The maximum Gasteiger partial charge on any atom is 0.414 e. The summed E-state index contributed by atoms with van der Waals surface area (Å²) in [6, 6.07) is 9.71. The number of carbonyl (C=O) groups is 1. The average Bonchev–Trinajstić information content (AvgIpc) is 2.46. The van der Waals surface area contributed by atoms with Gasteiger partial charge in [-0.2, -0.15) is 0 Å². The average molecular weight is 485 g/mol. The molecular formula is C14H17I2NO2. The summed E-state index contributed by atoms with van der Waals surface area (Å²) < 4.78 is 7.27. The van der Waals surface area contributed by atoms with Crippen LogP contribution < -0.4 is 0 Å². The first-order valence-corrected chi connectivity index (χ1v) is 8.65. The summed E-state index contributed by atoms with van der Waals surface area (Å²) >= 11 is 4.47. The summed E-state index contributed by atoms with van der Waals surface area (Å²) in [7, 11) is 0. The van der Waals surface area contributed by atoms with E-state index in [2.05, 4.69) is 45.2 Å². The molecule has 0 fully saturated rings. The molecule has 1 rings (SSSR count). The lowest BCUT2D eigenvalue weighted by Crippen LogP contribution is -2.30. The highest BCUT2D eigenvalue weighted by Gasteiger charge is 2.16. The minimum atomic E-state index is -0.281. The Bertz CT molecular complexity index is 421. The van der Waals surface area contributed by atoms with Crippen LogP contribution in [-0.2, 0) is 11.3 Å². The first-order chi connectivity index (χ1) is 9.19. The fraction of sp³-hybridized carbons (Fsp3) is 0.357. The van der Waals surface area contributed by atoms with Crippen LogP contribution in [0, 0.1) is 0 Å². The van der Waals surface area contributed by atoms with Gasteiger partial charge in [0.05, 0.1) is 3.70 Å². The van der Waals surface area contributed by atoms with Crippen molar-refractivity contribution in [2.75, 3.05) is 11.0 Å². The van der Waals surface area contributed by atoms with Crippen molar-refractivity contribution in [1.29, 1.82) is 0 Å². The van der Waals surface area contributed by atoms with E-state index in [-0.39, 0.29) is 6.09 Å². The third-order valence-electron chi connectivity index (χ3n) is 2.44. The van der Waals surface area contributed by atoms with Gasteiger partial charge in [0.25, 0.3) is 0 Å². The number of benzene rings is 1. The molecule has 1 aromatic rings. The molecule has 0 heterocycles. The van der Waals surface area contributed by atoms with Crippen molar-refractivity contribution in [1.82, 2.24) is 4.90 Å². The Morgan fingerprint density at radius 2 is 2.05 bits per heavy atom. The summed E-state index contributed by atoms with van der Waals surface area (Å²) in [5, 5.41) is 0. The standard InChI is InChI=1S/C14H17I2NO2/c1-2-13(16)17(10-6-9-15)14(18)19-11-12-7-4-3-5-8-12/h2-5,7-8H,6,9-11H2,1H3/b13-2+. The summed E-state index contributed by atoms with van der Waals surface area (Å²) in [6.45, 7) is 2.93. The minimum Gasteiger partial charge on any atom is -0.444 e. The van der Waals surface area contributed by atoms with E-state index in [0.29, 0.717) is 13.2 Å². The highest BCUT2D eigenvalue weighted by atomic mass is 127. The molecule has 0 unspecified atom stereocenters. The van der Waals surface area contributed by atoms with Crippen LogP contribution in [0.2, 0.25) is 0 Å². The van der Waals surface area contributed by atoms with Gasteiger partial charge in [-0.15, -0.1) is 0 Å². The molecule has 0 saturated carbocycles. The van der Waals surface area contributed by atoms with Crippen molar-refractivity contribution in [3.05, 3.63) is 45.7 Å². The van der Waals surface area contributed by atoms with Crippen LogP contribution in [0.4, 0.5) is 4.79 Å². The van der Waals surface area contributed by atoms with E-state index in [9.17, 15) is 4.79 Å². The molecule has 0 bridgehead atoms.